The predicted molar refractivity (Wildman–Crippen MR) is 189 cm³/mol. The standard InChI is InChI=1S/C34H41NO2Se2.C3H9N/c1-5-8-19-37-20-9-18-35-34(24(4)23-36)33-17-16-32(39-33)29-13-11-26-21-28(12-10-27(26)22-29)31-15-14-30(38-31)25(6-2)7-3;1-3-4-2/h10-17,21-23,25,35H,5-9,18-20H2,1-4H3;4H,3H2,1-2H3/b34-24+;. The number of hydrogen-bond donors (Lipinski definition) is 2. The molecular weight excluding hydrogens is 662 g/mol. The average molecular weight is 713 g/mol. The largest absolute Gasteiger partial charge is 0.320 e. The fourth-order valence-electron chi connectivity index (χ4n) is 4.81. The van der Waals surface area contributed by atoms with Gasteiger partial charge in [-0.25, -0.2) is 0 Å². The van der Waals surface area contributed by atoms with Crippen LogP contribution >= 0.6 is 0 Å². The van der Waals surface area contributed by atoms with Crippen molar-refractivity contribution in [2.24, 2.45) is 0 Å². The second-order valence-corrected chi connectivity index (χ2v) is 15.4. The maximum absolute atomic E-state index is 11.6. The molecule has 6 heteroatoms. The molecule has 0 aliphatic rings. The molecule has 0 atom stereocenters. The van der Waals surface area contributed by atoms with E-state index in [1.807, 2.05) is 14.0 Å². The first-order valence-electron chi connectivity index (χ1n) is 15.9. The van der Waals surface area contributed by atoms with Gasteiger partial charge < -0.3 is 5.32 Å². The van der Waals surface area contributed by atoms with Crippen molar-refractivity contribution in [1.82, 2.24) is 10.6 Å². The van der Waals surface area contributed by atoms with Gasteiger partial charge in [-0.1, -0.05) is 6.92 Å². The molecule has 0 aliphatic heterocycles. The molecule has 0 bridgehead atoms. The van der Waals surface area contributed by atoms with E-state index in [0.717, 1.165) is 69.0 Å². The van der Waals surface area contributed by atoms with Crippen LogP contribution in [0.15, 0.2) is 66.2 Å². The Bertz CT molecular complexity index is 1430. The van der Waals surface area contributed by atoms with Crippen LogP contribution in [0.25, 0.3) is 36.5 Å². The van der Waals surface area contributed by atoms with E-state index in [9.17, 15) is 4.79 Å². The number of rotatable bonds is 16. The van der Waals surface area contributed by atoms with Crippen LogP contribution < -0.4 is 10.6 Å². The monoisotopic (exact) mass is 714 g/mol. The summed E-state index contributed by atoms with van der Waals surface area (Å²) < 4.78 is 11.4. The normalized spacial score (nSPS) is 11.8. The van der Waals surface area contributed by atoms with E-state index in [4.69, 9.17) is 4.74 Å². The fraction of sp³-hybridized carbons (Fsp3) is 0.432. The Morgan fingerprint density at radius 1 is 0.837 bits per heavy atom. The molecule has 0 amide bonds. The number of fused-ring (bicyclic) bond motifs is 1. The van der Waals surface area contributed by atoms with Crippen LogP contribution in [-0.2, 0) is 9.53 Å². The summed E-state index contributed by atoms with van der Waals surface area (Å²) in [5.41, 5.74) is 4.39. The predicted octanol–water partition coefficient (Wildman–Crippen LogP) is 8.14. The zero-order chi connectivity index (χ0) is 31.0. The minimum Gasteiger partial charge on any atom is -0.320 e. The first kappa shape index (κ1) is 35.3. The molecule has 0 fully saturated rings. The molecule has 2 aromatic carbocycles. The smallest absolute Gasteiger partial charge is 0.00804 e. The maximum atomic E-state index is 11.6. The summed E-state index contributed by atoms with van der Waals surface area (Å²) in [6.45, 7) is 14.2. The van der Waals surface area contributed by atoms with Gasteiger partial charge in [-0.2, -0.15) is 0 Å². The first-order chi connectivity index (χ1) is 21.0. The van der Waals surface area contributed by atoms with E-state index >= 15 is 0 Å². The number of aldehydes is 1. The number of carbonyl (C=O) groups is 1. The van der Waals surface area contributed by atoms with Crippen molar-refractivity contribution < 1.29 is 9.53 Å². The van der Waals surface area contributed by atoms with Gasteiger partial charge >= 0.3 is 247 Å². The molecule has 4 nitrogen and oxygen atoms in total. The summed E-state index contributed by atoms with van der Waals surface area (Å²) in [4.78, 5) is 11.6. The number of allylic oxidation sites excluding steroid dienone is 1. The second kappa shape index (κ2) is 19.3. The summed E-state index contributed by atoms with van der Waals surface area (Å²) in [6.07, 6.45) is 6.62. The van der Waals surface area contributed by atoms with Gasteiger partial charge in [-0.05, 0) is 13.6 Å². The maximum Gasteiger partial charge on any atom is -0.00804 e. The molecule has 0 aliphatic carbocycles. The molecule has 0 saturated heterocycles. The van der Waals surface area contributed by atoms with Crippen LogP contribution in [0.1, 0.15) is 81.5 Å². The summed E-state index contributed by atoms with van der Waals surface area (Å²) in [5.74, 6) is 0.729. The Hall–Kier alpha value is -2.17. The Balaban J connectivity index is 0.00000119. The van der Waals surface area contributed by atoms with Gasteiger partial charge in [0.2, 0.25) is 0 Å². The van der Waals surface area contributed by atoms with Gasteiger partial charge in [0.15, 0.2) is 0 Å². The topological polar surface area (TPSA) is 50.4 Å². The van der Waals surface area contributed by atoms with Crippen molar-refractivity contribution in [3.63, 3.8) is 0 Å². The van der Waals surface area contributed by atoms with Crippen LogP contribution in [-0.4, -0.2) is 68.6 Å². The van der Waals surface area contributed by atoms with E-state index in [2.05, 4.69) is 99.0 Å². The van der Waals surface area contributed by atoms with E-state index < -0.39 is 0 Å². The van der Waals surface area contributed by atoms with Crippen LogP contribution in [0.5, 0.6) is 0 Å². The van der Waals surface area contributed by atoms with Crippen LogP contribution in [0, 0.1) is 0 Å². The molecule has 0 spiro atoms. The van der Waals surface area contributed by atoms with Gasteiger partial charge in [0, 0.05) is 0 Å². The summed E-state index contributed by atoms with van der Waals surface area (Å²) >= 11 is 0.580. The van der Waals surface area contributed by atoms with Crippen molar-refractivity contribution in [2.75, 3.05) is 33.4 Å². The Labute approximate surface area is 271 Å². The SMILES string of the molecule is CCCCOCCCN/C(=C(\C)C=O)c1ccc(-c2ccc3cc(-c4ccc(C(CC)CC)[se]4)ccc3c2)[se]1.CCNC. The average Bonchev–Trinajstić information content (AvgIpc) is 3.73. The number of carbonyl (C=O) groups excluding carboxylic acids is 1. The number of unbranched alkanes of at least 4 members (excludes halogenated alkanes) is 1. The van der Waals surface area contributed by atoms with Crippen LogP contribution in [0.2, 0.25) is 0 Å². The van der Waals surface area contributed by atoms with Gasteiger partial charge in [0.05, 0.1) is 0 Å². The minimum atomic E-state index is 0.145. The third-order valence-electron chi connectivity index (χ3n) is 7.61. The zero-order valence-electron chi connectivity index (χ0n) is 26.9. The molecular formula is C37H50N2O2Se2. The zero-order valence-corrected chi connectivity index (χ0v) is 30.4. The van der Waals surface area contributed by atoms with Crippen molar-refractivity contribution in [1.29, 1.82) is 0 Å². The molecule has 2 N–H and O–H groups in total. The Morgan fingerprint density at radius 3 is 2.02 bits per heavy atom. The quantitative estimate of drug-likeness (QED) is 0.0533. The minimum absolute atomic E-state index is 0.145. The van der Waals surface area contributed by atoms with E-state index in [1.165, 1.54) is 48.1 Å². The molecule has 4 aromatic rings. The van der Waals surface area contributed by atoms with Crippen molar-refractivity contribution in [3.8, 4) is 20.0 Å². The molecule has 232 valence electrons. The molecule has 2 aromatic heterocycles. The second-order valence-electron chi connectivity index (χ2n) is 10.8. The van der Waals surface area contributed by atoms with Crippen molar-refractivity contribution in [3.05, 3.63) is 75.1 Å². The van der Waals surface area contributed by atoms with E-state index in [1.54, 1.807) is 4.44 Å². The van der Waals surface area contributed by atoms with Gasteiger partial charge in [-0.15, -0.1) is 0 Å². The number of ether oxygens (including phenoxy) is 1. The summed E-state index contributed by atoms with van der Waals surface area (Å²) in [7, 11) is 1.93. The molecule has 4 rings (SSSR count). The molecule has 43 heavy (non-hydrogen) atoms. The number of hydrogen-bond acceptors (Lipinski definition) is 4. The Kier molecular flexibility index (Phi) is 15.8. The molecule has 0 unspecified atom stereocenters. The third-order valence-corrected chi connectivity index (χ3v) is 12.7. The Morgan fingerprint density at radius 2 is 1.44 bits per heavy atom. The van der Waals surface area contributed by atoms with Crippen LogP contribution in [0.3, 0.4) is 0 Å². The van der Waals surface area contributed by atoms with Crippen LogP contribution in [0.4, 0.5) is 0 Å². The van der Waals surface area contributed by atoms with Gasteiger partial charge in [0.25, 0.3) is 0 Å². The van der Waals surface area contributed by atoms with Gasteiger partial charge in [0.1, 0.15) is 0 Å². The first-order valence-corrected chi connectivity index (χ1v) is 19.3. The van der Waals surface area contributed by atoms with E-state index in [0.29, 0.717) is 14.5 Å². The molecule has 0 saturated carbocycles. The molecule has 0 radical (unpaired) electrons. The number of nitrogens with one attached hydrogen (secondary N) is 2. The molecule has 2 heterocycles. The summed E-state index contributed by atoms with van der Waals surface area (Å²) in [6, 6.07) is 22.9. The van der Waals surface area contributed by atoms with E-state index in [-0.39, 0.29) is 14.5 Å². The van der Waals surface area contributed by atoms with Crippen molar-refractivity contribution in [2.45, 2.75) is 72.6 Å². The number of benzene rings is 2. The van der Waals surface area contributed by atoms with Crippen molar-refractivity contribution >= 4 is 51.8 Å². The summed E-state index contributed by atoms with van der Waals surface area (Å²) in [5, 5.41) is 9.03. The fourth-order valence-corrected chi connectivity index (χ4v) is 9.77. The third kappa shape index (κ3) is 10.5. The van der Waals surface area contributed by atoms with Gasteiger partial charge in [-0.3, -0.25) is 0 Å².